The highest BCUT2D eigenvalue weighted by Gasteiger charge is 2.27. The third-order valence-corrected chi connectivity index (χ3v) is 2.73. The predicted octanol–water partition coefficient (Wildman–Crippen LogP) is 5.16. The Bertz CT molecular complexity index is 339. The molecule has 0 bridgehead atoms. The summed E-state index contributed by atoms with van der Waals surface area (Å²) in [5.41, 5.74) is 3.22. The van der Waals surface area contributed by atoms with E-state index in [0.717, 1.165) is 0 Å². The molecule has 1 aromatic carbocycles. The van der Waals surface area contributed by atoms with Crippen LogP contribution in [0.1, 0.15) is 47.1 Å². The first-order valence-electron chi connectivity index (χ1n) is 5.99. The van der Waals surface area contributed by atoms with Gasteiger partial charge in [0.25, 0.3) is 0 Å². The molecule has 0 atom stereocenters. The Labute approximate surface area is 100 Å². The highest BCUT2D eigenvalue weighted by atomic mass is 14.3. The molecule has 0 heteroatoms. The second-order valence-corrected chi connectivity index (χ2v) is 6.47. The Balaban J connectivity index is 3.19. The molecule has 16 heavy (non-hydrogen) atoms. The van der Waals surface area contributed by atoms with Crippen LogP contribution in [0.4, 0.5) is 0 Å². The van der Waals surface area contributed by atoms with Crippen LogP contribution in [-0.4, -0.2) is 0 Å². The normalized spacial score (nSPS) is 12.4. The molecule has 0 aliphatic carbocycles. The Morgan fingerprint density at radius 3 is 1.62 bits per heavy atom. The molecule has 0 saturated carbocycles. The van der Waals surface area contributed by atoms with Gasteiger partial charge < -0.3 is 0 Å². The lowest BCUT2D eigenvalue weighted by Gasteiger charge is -2.34. The summed E-state index contributed by atoms with van der Waals surface area (Å²) in [7, 11) is 0. The molecule has 1 rings (SSSR count). The minimum Gasteiger partial charge on any atom is -0.0622 e. The first-order valence-corrected chi connectivity index (χ1v) is 5.99. The van der Waals surface area contributed by atoms with Gasteiger partial charge in [0, 0.05) is 0 Å². The van der Waals surface area contributed by atoms with Crippen molar-refractivity contribution in [1.82, 2.24) is 0 Å². The summed E-state index contributed by atoms with van der Waals surface area (Å²) in [5.74, 6) is 0. The van der Waals surface area contributed by atoms with Gasteiger partial charge in [-0.25, -0.2) is 0 Å². The summed E-state index contributed by atoms with van der Waals surface area (Å²) in [6.07, 6.45) is 2.33. The van der Waals surface area contributed by atoms with Crippen molar-refractivity contribution in [3.63, 3.8) is 0 Å². The van der Waals surface area contributed by atoms with Gasteiger partial charge in [-0.15, -0.1) is 0 Å². The number of rotatable bonds is 1. The maximum atomic E-state index is 2.33. The highest BCUT2D eigenvalue weighted by molar-refractivity contribution is 5.55. The fourth-order valence-corrected chi connectivity index (χ4v) is 2.27. The summed E-state index contributed by atoms with van der Waals surface area (Å²) >= 11 is 0. The van der Waals surface area contributed by atoms with Crippen LogP contribution >= 0.6 is 0 Å². The maximum Gasteiger partial charge on any atom is -0.0164 e. The Morgan fingerprint density at radius 2 is 1.25 bits per heavy atom. The lowest BCUT2D eigenvalue weighted by Crippen LogP contribution is -2.22. The van der Waals surface area contributed by atoms with Crippen LogP contribution in [0.3, 0.4) is 0 Å². The van der Waals surface area contributed by atoms with Crippen LogP contribution in [0.15, 0.2) is 35.9 Å². The van der Waals surface area contributed by atoms with E-state index in [1.54, 1.807) is 0 Å². The van der Waals surface area contributed by atoms with E-state index in [2.05, 4.69) is 78.0 Å². The summed E-state index contributed by atoms with van der Waals surface area (Å²) in [6.45, 7) is 13.7. The van der Waals surface area contributed by atoms with Gasteiger partial charge in [0.05, 0.1) is 0 Å². The topological polar surface area (TPSA) is 0 Å². The van der Waals surface area contributed by atoms with Gasteiger partial charge in [0.15, 0.2) is 0 Å². The van der Waals surface area contributed by atoms with Crippen LogP contribution in [0.25, 0.3) is 6.08 Å². The molecule has 88 valence electrons. The van der Waals surface area contributed by atoms with Crippen molar-refractivity contribution in [1.29, 1.82) is 0 Å². The first-order chi connectivity index (χ1) is 7.21. The van der Waals surface area contributed by atoms with E-state index in [-0.39, 0.29) is 10.8 Å². The summed E-state index contributed by atoms with van der Waals surface area (Å²) in [6, 6.07) is 10.6. The number of hydrogen-bond acceptors (Lipinski definition) is 0. The van der Waals surface area contributed by atoms with E-state index in [9.17, 15) is 0 Å². The van der Waals surface area contributed by atoms with Crippen molar-refractivity contribution in [3.8, 4) is 0 Å². The van der Waals surface area contributed by atoms with Crippen molar-refractivity contribution >= 4 is 6.08 Å². The molecule has 0 aromatic heterocycles. The second kappa shape index (κ2) is 4.45. The molecular weight excluding hydrogens is 192 g/mol. The van der Waals surface area contributed by atoms with E-state index in [0.29, 0.717) is 0 Å². The van der Waals surface area contributed by atoms with Gasteiger partial charge in [-0.05, 0) is 16.4 Å². The van der Waals surface area contributed by atoms with Gasteiger partial charge in [0.1, 0.15) is 0 Å². The molecule has 0 nitrogen and oxygen atoms in total. The smallest absolute Gasteiger partial charge is 0.0164 e. The van der Waals surface area contributed by atoms with Crippen molar-refractivity contribution in [3.05, 3.63) is 41.5 Å². The molecule has 0 radical (unpaired) electrons. The van der Waals surface area contributed by atoms with Crippen LogP contribution in [0.5, 0.6) is 0 Å². The predicted molar refractivity (Wildman–Crippen MR) is 73.3 cm³/mol. The van der Waals surface area contributed by atoms with Gasteiger partial charge >= 0.3 is 0 Å². The molecule has 1 aromatic rings. The zero-order chi connectivity index (χ0) is 12.4. The van der Waals surface area contributed by atoms with Crippen LogP contribution in [0, 0.1) is 10.8 Å². The SMILES string of the molecule is CC(C)(C)C(=Cc1ccccc1)C(C)(C)C. The largest absolute Gasteiger partial charge is 0.0622 e. The Hall–Kier alpha value is -1.04. The molecule has 0 spiro atoms. The first kappa shape index (κ1) is 13.0. The van der Waals surface area contributed by atoms with E-state index in [1.165, 1.54) is 11.1 Å². The molecule has 0 unspecified atom stereocenters. The zero-order valence-electron chi connectivity index (χ0n) is 11.5. The standard InChI is InChI=1S/C16H24/c1-15(2,3)14(16(4,5)6)12-13-10-8-7-9-11-13/h7-12H,1-6H3. The third kappa shape index (κ3) is 3.52. The molecule has 0 aliphatic rings. The number of benzene rings is 1. The molecule has 0 N–H and O–H groups in total. The van der Waals surface area contributed by atoms with Gasteiger partial charge in [-0.3, -0.25) is 0 Å². The van der Waals surface area contributed by atoms with Crippen LogP contribution < -0.4 is 0 Å². The summed E-state index contributed by atoms with van der Waals surface area (Å²) in [4.78, 5) is 0. The molecule has 0 heterocycles. The molecule has 0 aliphatic heterocycles. The van der Waals surface area contributed by atoms with Gasteiger partial charge in [-0.2, -0.15) is 0 Å². The number of allylic oxidation sites excluding steroid dienone is 1. The average Bonchev–Trinajstić information content (AvgIpc) is 2.12. The van der Waals surface area contributed by atoms with Crippen molar-refractivity contribution in [2.45, 2.75) is 41.5 Å². The molecular formula is C16H24. The van der Waals surface area contributed by atoms with Gasteiger partial charge in [0.2, 0.25) is 0 Å². The Morgan fingerprint density at radius 1 is 0.812 bits per heavy atom. The van der Waals surface area contributed by atoms with Crippen molar-refractivity contribution in [2.75, 3.05) is 0 Å². The lowest BCUT2D eigenvalue weighted by molar-refractivity contribution is 0.367. The van der Waals surface area contributed by atoms with Crippen molar-refractivity contribution in [2.24, 2.45) is 10.8 Å². The van der Waals surface area contributed by atoms with E-state index >= 15 is 0 Å². The maximum absolute atomic E-state index is 2.33. The zero-order valence-corrected chi connectivity index (χ0v) is 11.5. The molecule has 0 fully saturated rings. The third-order valence-electron chi connectivity index (χ3n) is 2.73. The number of hydrogen-bond donors (Lipinski definition) is 0. The van der Waals surface area contributed by atoms with E-state index in [4.69, 9.17) is 0 Å². The Kier molecular flexibility index (Phi) is 3.62. The van der Waals surface area contributed by atoms with Gasteiger partial charge in [-0.1, -0.05) is 83.5 Å². The lowest BCUT2D eigenvalue weighted by atomic mass is 9.71. The van der Waals surface area contributed by atoms with Crippen molar-refractivity contribution < 1.29 is 0 Å². The molecule has 0 saturated heterocycles. The average molecular weight is 216 g/mol. The minimum absolute atomic E-state index is 0.216. The summed E-state index contributed by atoms with van der Waals surface area (Å²) in [5, 5.41) is 0. The quantitative estimate of drug-likeness (QED) is 0.608. The van der Waals surface area contributed by atoms with E-state index < -0.39 is 0 Å². The highest BCUT2D eigenvalue weighted by Crippen LogP contribution is 2.40. The molecule has 0 amide bonds. The second-order valence-electron chi connectivity index (χ2n) is 6.47. The summed E-state index contributed by atoms with van der Waals surface area (Å²) < 4.78 is 0. The van der Waals surface area contributed by atoms with E-state index in [1.807, 2.05) is 0 Å². The fourth-order valence-electron chi connectivity index (χ4n) is 2.27. The minimum atomic E-state index is 0.216. The monoisotopic (exact) mass is 216 g/mol. The van der Waals surface area contributed by atoms with Crippen LogP contribution in [-0.2, 0) is 0 Å². The van der Waals surface area contributed by atoms with Crippen LogP contribution in [0.2, 0.25) is 0 Å². The fraction of sp³-hybridized carbons (Fsp3) is 0.500.